The Bertz CT molecular complexity index is 139. The van der Waals surface area contributed by atoms with Crippen molar-refractivity contribution < 1.29 is 14.2 Å². The quantitative estimate of drug-likeness (QED) is 0.335. The van der Waals surface area contributed by atoms with Crippen LogP contribution in [0.15, 0.2) is 0 Å². The summed E-state index contributed by atoms with van der Waals surface area (Å²) in [6, 6.07) is 0. The van der Waals surface area contributed by atoms with Crippen LogP contribution in [0.5, 0.6) is 0 Å². The van der Waals surface area contributed by atoms with Crippen molar-refractivity contribution >= 4 is 6.71 Å². The van der Waals surface area contributed by atoms with Gasteiger partial charge in [-0.1, -0.05) is 38.2 Å². The molecule has 0 radical (unpaired) electrons. The van der Waals surface area contributed by atoms with Crippen LogP contribution in [0.25, 0.3) is 0 Å². The van der Waals surface area contributed by atoms with Crippen molar-refractivity contribution in [1.82, 2.24) is 0 Å². The molecule has 0 rings (SSSR count). The highest BCUT2D eigenvalue weighted by Crippen LogP contribution is 2.16. The molecule has 0 saturated heterocycles. The summed E-state index contributed by atoms with van der Waals surface area (Å²) in [5.74, 6) is 0. The molecule has 4 heteroatoms. The second-order valence-corrected chi connectivity index (χ2v) is 5.33. The van der Waals surface area contributed by atoms with Crippen molar-refractivity contribution in [3.05, 3.63) is 0 Å². The maximum absolute atomic E-state index is 5.12. The molecule has 0 aromatic heterocycles. The molecule has 0 fully saturated rings. The second kappa shape index (κ2) is 16.0. The van der Waals surface area contributed by atoms with Crippen LogP contribution in [-0.2, 0) is 14.2 Å². The molecule has 0 aromatic carbocycles. The van der Waals surface area contributed by atoms with Gasteiger partial charge in [-0.3, -0.25) is 0 Å². The van der Waals surface area contributed by atoms with Crippen LogP contribution in [0.4, 0.5) is 0 Å². The van der Waals surface area contributed by atoms with Crippen molar-refractivity contribution in [1.29, 1.82) is 0 Å². The summed E-state index contributed by atoms with van der Waals surface area (Å²) in [6.45, 7) is 3.59. The predicted molar refractivity (Wildman–Crippen MR) is 83.5 cm³/mol. The minimum absolute atomic E-state index is 0.880. The molecule has 0 heterocycles. The first-order valence-electron chi connectivity index (χ1n) is 7.82. The van der Waals surface area contributed by atoms with E-state index in [-0.39, 0.29) is 0 Å². The Morgan fingerprint density at radius 3 is 1.11 bits per heavy atom. The molecule has 0 bridgehead atoms. The largest absolute Gasteiger partial charge is 0.385 e. The lowest BCUT2D eigenvalue weighted by Gasteiger charge is -2.13. The highest BCUT2D eigenvalue weighted by Gasteiger charge is 2.12. The maximum Gasteiger partial charge on any atom is 0.139 e. The number of hydrogen-bond acceptors (Lipinski definition) is 3. The summed E-state index contributed by atoms with van der Waals surface area (Å²) in [6.07, 6.45) is 11.5. The van der Waals surface area contributed by atoms with Gasteiger partial charge in [0, 0.05) is 41.2 Å². The highest BCUT2D eigenvalue weighted by atomic mass is 16.5. The molecule has 0 aliphatic heterocycles. The van der Waals surface area contributed by atoms with E-state index in [1.807, 2.05) is 0 Å². The van der Waals surface area contributed by atoms with E-state index in [1.165, 1.54) is 57.5 Å². The Kier molecular flexibility index (Phi) is 16.0. The molecule has 0 aliphatic carbocycles. The number of methoxy groups -OCH3 is 3. The molecular formula is C15H33BO3. The van der Waals surface area contributed by atoms with Gasteiger partial charge in [0.15, 0.2) is 0 Å². The van der Waals surface area contributed by atoms with Gasteiger partial charge in [-0.15, -0.1) is 0 Å². The van der Waals surface area contributed by atoms with E-state index in [1.54, 1.807) is 21.3 Å². The molecule has 114 valence electrons. The van der Waals surface area contributed by atoms with E-state index in [0.717, 1.165) is 26.5 Å². The summed E-state index contributed by atoms with van der Waals surface area (Å²) < 4.78 is 15.4. The van der Waals surface area contributed by atoms with Crippen molar-refractivity contribution in [3.63, 3.8) is 0 Å². The number of unbranched alkanes of at least 4 members (excludes halogenated alkanes) is 3. The van der Waals surface area contributed by atoms with E-state index in [9.17, 15) is 0 Å². The fourth-order valence-electron chi connectivity index (χ4n) is 2.47. The zero-order valence-electron chi connectivity index (χ0n) is 13.3. The van der Waals surface area contributed by atoms with Gasteiger partial charge >= 0.3 is 0 Å². The van der Waals surface area contributed by atoms with Crippen molar-refractivity contribution in [2.24, 2.45) is 0 Å². The van der Waals surface area contributed by atoms with E-state index >= 15 is 0 Å². The number of rotatable bonds is 15. The van der Waals surface area contributed by atoms with Gasteiger partial charge in [-0.25, -0.2) is 0 Å². The zero-order valence-corrected chi connectivity index (χ0v) is 13.3. The third-order valence-electron chi connectivity index (χ3n) is 3.63. The first-order chi connectivity index (χ1) is 9.35. The average Bonchev–Trinajstić information content (AvgIpc) is 2.43. The third-order valence-corrected chi connectivity index (χ3v) is 3.63. The summed E-state index contributed by atoms with van der Waals surface area (Å²) in [7, 11) is 5.35. The summed E-state index contributed by atoms with van der Waals surface area (Å²) in [5, 5.41) is 0. The summed E-state index contributed by atoms with van der Waals surface area (Å²) in [5.41, 5.74) is 0. The Balaban J connectivity index is 3.66. The molecule has 0 aliphatic rings. The Labute approximate surface area is 120 Å². The van der Waals surface area contributed by atoms with Crippen LogP contribution < -0.4 is 0 Å². The fraction of sp³-hybridized carbons (Fsp3) is 1.00. The molecule has 3 nitrogen and oxygen atoms in total. The van der Waals surface area contributed by atoms with Gasteiger partial charge in [0.1, 0.15) is 6.71 Å². The molecule has 0 amide bonds. The van der Waals surface area contributed by atoms with Crippen LogP contribution in [0.3, 0.4) is 0 Å². The lowest BCUT2D eigenvalue weighted by molar-refractivity contribution is 0.193. The second-order valence-electron chi connectivity index (χ2n) is 5.33. The zero-order chi connectivity index (χ0) is 14.2. The summed E-state index contributed by atoms with van der Waals surface area (Å²) >= 11 is 0. The van der Waals surface area contributed by atoms with Crippen LogP contribution in [0, 0.1) is 0 Å². The van der Waals surface area contributed by atoms with E-state index in [0.29, 0.717) is 0 Å². The topological polar surface area (TPSA) is 27.7 Å². The van der Waals surface area contributed by atoms with Gasteiger partial charge in [-0.05, 0) is 19.3 Å². The first kappa shape index (κ1) is 18.9. The summed E-state index contributed by atoms with van der Waals surface area (Å²) in [4.78, 5) is 0. The van der Waals surface area contributed by atoms with Crippen molar-refractivity contribution in [3.8, 4) is 0 Å². The predicted octanol–water partition coefficient (Wildman–Crippen LogP) is 3.76. The van der Waals surface area contributed by atoms with Crippen LogP contribution in [0.1, 0.15) is 38.5 Å². The molecule has 0 unspecified atom stereocenters. The highest BCUT2D eigenvalue weighted by molar-refractivity contribution is 6.58. The Hall–Kier alpha value is -0.0551. The lowest BCUT2D eigenvalue weighted by atomic mass is 9.41. The van der Waals surface area contributed by atoms with Gasteiger partial charge in [0.05, 0.1) is 0 Å². The van der Waals surface area contributed by atoms with Crippen LogP contribution >= 0.6 is 0 Å². The Morgan fingerprint density at radius 2 is 0.842 bits per heavy atom. The monoisotopic (exact) mass is 272 g/mol. The van der Waals surface area contributed by atoms with Crippen LogP contribution in [0.2, 0.25) is 19.0 Å². The number of ether oxygens (including phenoxy) is 3. The molecule has 0 atom stereocenters. The minimum atomic E-state index is 0.880. The fourth-order valence-corrected chi connectivity index (χ4v) is 2.47. The standard InChI is InChI=1S/C15H33BO3/c1-17-13-7-4-10-16(11-5-8-14-18-2)12-6-9-15-19-3/h4-15H2,1-3H3. The molecule has 0 aromatic rings. The average molecular weight is 272 g/mol. The van der Waals surface area contributed by atoms with Gasteiger partial charge in [0.25, 0.3) is 0 Å². The Morgan fingerprint density at radius 1 is 0.526 bits per heavy atom. The number of hydrogen-bond donors (Lipinski definition) is 0. The lowest BCUT2D eigenvalue weighted by Crippen LogP contribution is -2.13. The third kappa shape index (κ3) is 14.2. The van der Waals surface area contributed by atoms with Gasteiger partial charge < -0.3 is 14.2 Å². The molecule has 19 heavy (non-hydrogen) atoms. The van der Waals surface area contributed by atoms with E-state index < -0.39 is 0 Å². The van der Waals surface area contributed by atoms with Gasteiger partial charge in [-0.2, -0.15) is 0 Å². The molecule has 0 saturated carbocycles. The SMILES string of the molecule is COCCCCB(CCCCOC)CCCCOC. The molecule has 0 spiro atoms. The van der Waals surface area contributed by atoms with Crippen LogP contribution in [-0.4, -0.2) is 47.9 Å². The van der Waals surface area contributed by atoms with Crippen molar-refractivity contribution in [2.75, 3.05) is 41.2 Å². The van der Waals surface area contributed by atoms with Crippen molar-refractivity contribution in [2.45, 2.75) is 57.5 Å². The maximum atomic E-state index is 5.12. The first-order valence-corrected chi connectivity index (χ1v) is 7.82. The van der Waals surface area contributed by atoms with Gasteiger partial charge in [0.2, 0.25) is 0 Å². The van der Waals surface area contributed by atoms with E-state index in [2.05, 4.69) is 0 Å². The van der Waals surface area contributed by atoms with E-state index in [4.69, 9.17) is 14.2 Å². The normalized spacial score (nSPS) is 10.9. The molecule has 0 N–H and O–H groups in total. The smallest absolute Gasteiger partial charge is 0.139 e. The minimum Gasteiger partial charge on any atom is -0.385 e. The molecular weight excluding hydrogens is 239 g/mol.